The Morgan fingerprint density at radius 3 is 2.71 bits per heavy atom. The highest BCUT2D eigenvalue weighted by atomic mass is 35.5. The van der Waals surface area contributed by atoms with E-state index in [0.29, 0.717) is 35.5 Å². The average Bonchev–Trinajstić information content (AvgIpc) is 3.43. The van der Waals surface area contributed by atoms with E-state index in [-0.39, 0.29) is 36.7 Å². The third kappa shape index (κ3) is 6.94. The molecule has 0 radical (unpaired) electrons. The molecule has 3 N–H and O–H groups in total. The maximum Gasteiger partial charge on any atom is 0.310 e. The molecular weight excluding hydrogens is 513 g/mol. The molecule has 9 nitrogen and oxygen atoms in total. The van der Waals surface area contributed by atoms with Crippen molar-refractivity contribution in [3.8, 4) is 11.1 Å². The SMILES string of the molecule is CCOC(=O)[C@@H](C[C@@H](Cc1ccc(-c2cc(Cl)ccc2F)cc1)NC(=O)c1cn[nH]n1)CN1CC[C@@H]1CO. The lowest BCUT2D eigenvalue weighted by Crippen LogP contribution is -2.53. The van der Waals surface area contributed by atoms with Gasteiger partial charge in [0.05, 0.1) is 25.3 Å². The first-order valence-electron chi connectivity index (χ1n) is 12.6. The van der Waals surface area contributed by atoms with E-state index >= 15 is 0 Å². The number of benzene rings is 2. The van der Waals surface area contributed by atoms with E-state index in [4.69, 9.17) is 16.3 Å². The molecule has 0 spiro atoms. The zero-order valence-electron chi connectivity index (χ0n) is 21.1. The quantitative estimate of drug-likeness (QED) is 0.300. The first-order chi connectivity index (χ1) is 18.4. The Hall–Kier alpha value is -3.34. The Bertz CT molecular complexity index is 1220. The van der Waals surface area contributed by atoms with E-state index in [0.717, 1.165) is 18.5 Å². The van der Waals surface area contributed by atoms with Crippen molar-refractivity contribution in [3.05, 3.63) is 70.8 Å². The minimum atomic E-state index is -0.508. The highest BCUT2D eigenvalue weighted by Crippen LogP contribution is 2.27. The smallest absolute Gasteiger partial charge is 0.310 e. The predicted octanol–water partition coefficient (Wildman–Crippen LogP) is 3.24. The van der Waals surface area contributed by atoms with Crippen molar-refractivity contribution in [2.75, 3.05) is 26.3 Å². The zero-order valence-corrected chi connectivity index (χ0v) is 21.8. The molecule has 202 valence electrons. The number of nitrogens with one attached hydrogen (secondary N) is 2. The molecule has 1 aliphatic heterocycles. The van der Waals surface area contributed by atoms with Crippen molar-refractivity contribution in [2.24, 2.45) is 5.92 Å². The van der Waals surface area contributed by atoms with Crippen LogP contribution < -0.4 is 5.32 Å². The molecule has 1 fully saturated rings. The van der Waals surface area contributed by atoms with Gasteiger partial charge >= 0.3 is 5.97 Å². The number of hydrogen-bond donors (Lipinski definition) is 3. The number of halogens is 2. The molecule has 3 atom stereocenters. The van der Waals surface area contributed by atoms with Crippen LogP contribution in [-0.2, 0) is 16.0 Å². The van der Waals surface area contributed by atoms with Crippen LogP contribution in [0.4, 0.5) is 4.39 Å². The lowest BCUT2D eigenvalue weighted by Gasteiger charge is -2.41. The molecule has 3 aromatic rings. The number of hydrogen-bond acceptors (Lipinski definition) is 7. The molecule has 1 aromatic heterocycles. The lowest BCUT2D eigenvalue weighted by molar-refractivity contribution is -0.150. The summed E-state index contributed by atoms with van der Waals surface area (Å²) in [6, 6.07) is 11.3. The molecule has 1 aliphatic rings. The van der Waals surface area contributed by atoms with Gasteiger partial charge in [0.15, 0.2) is 5.69 Å². The van der Waals surface area contributed by atoms with E-state index in [1.165, 1.54) is 18.3 Å². The number of aromatic amines is 1. The second-order valence-electron chi connectivity index (χ2n) is 9.36. The van der Waals surface area contributed by atoms with Crippen molar-refractivity contribution < 1.29 is 23.8 Å². The molecule has 2 heterocycles. The van der Waals surface area contributed by atoms with Crippen molar-refractivity contribution >= 4 is 23.5 Å². The lowest BCUT2D eigenvalue weighted by atomic mass is 9.91. The van der Waals surface area contributed by atoms with Crippen LogP contribution in [0.15, 0.2) is 48.7 Å². The molecule has 11 heteroatoms. The summed E-state index contributed by atoms with van der Waals surface area (Å²) in [4.78, 5) is 27.8. The molecular formula is C27H31ClFN5O4. The standard InChI is InChI=1S/C27H31ClFN5O4/c1-2-38-27(37)19(15-34-10-9-22(34)16-35)12-21(31-26(36)25-14-30-33-32-25)11-17-3-5-18(6-4-17)23-13-20(28)7-8-24(23)29/h3-8,13-14,19,21-22,35H,2,9-12,15-16H2,1H3,(H,31,36)(H,30,32,33)/t19-,21+,22+/m0/s1. The molecule has 0 unspecified atom stereocenters. The third-order valence-corrected chi connectivity index (χ3v) is 7.01. The summed E-state index contributed by atoms with van der Waals surface area (Å²) in [5, 5.41) is 23.0. The van der Waals surface area contributed by atoms with Crippen LogP contribution in [0.2, 0.25) is 5.02 Å². The second kappa shape index (κ2) is 12.9. The van der Waals surface area contributed by atoms with Gasteiger partial charge in [0.1, 0.15) is 5.82 Å². The van der Waals surface area contributed by atoms with Crippen LogP contribution in [0.3, 0.4) is 0 Å². The van der Waals surface area contributed by atoms with E-state index in [1.807, 2.05) is 12.1 Å². The van der Waals surface area contributed by atoms with Crippen molar-refractivity contribution in [1.29, 1.82) is 0 Å². The maximum absolute atomic E-state index is 14.3. The Kier molecular flexibility index (Phi) is 9.43. The van der Waals surface area contributed by atoms with Crippen LogP contribution in [-0.4, -0.2) is 75.7 Å². The van der Waals surface area contributed by atoms with Crippen molar-refractivity contribution in [1.82, 2.24) is 25.6 Å². The highest BCUT2D eigenvalue weighted by molar-refractivity contribution is 6.30. The first-order valence-corrected chi connectivity index (χ1v) is 13.0. The summed E-state index contributed by atoms with van der Waals surface area (Å²) >= 11 is 6.05. The molecule has 0 aliphatic carbocycles. The third-order valence-electron chi connectivity index (χ3n) is 6.78. The number of ether oxygens (including phenoxy) is 1. The van der Waals surface area contributed by atoms with Crippen LogP contribution in [0, 0.1) is 11.7 Å². The summed E-state index contributed by atoms with van der Waals surface area (Å²) in [7, 11) is 0. The Labute approximate surface area is 225 Å². The largest absolute Gasteiger partial charge is 0.466 e. The zero-order chi connectivity index (χ0) is 27.1. The minimum absolute atomic E-state index is 0.0227. The number of amides is 1. The van der Waals surface area contributed by atoms with Gasteiger partial charge in [-0.2, -0.15) is 15.4 Å². The summed E-state index contributed by atoms with van der Waals surface area (Å²) in [5.74, 6) is -1.64. The number of aliphatic hydroxyl groups is 1. The van der Waals surface area contributed by atoms with Crippen molar-refractivity contribution in [2.45, 2.75) is 38.3 Å². The number of rotatable bonds is 12. The minimum Gasteiger partial charge on any atom is -0.466 e. The van der Waals surface area contributed by atoms with Gasteiger partial charge in [0.25, 0.3) is 5.91 Å². The number of nitrogens with zero attached hydrogens (tertiary/aromatic N) is 3. The van der Waals surface area contributed by atoms with Gasteiger partial charge in [-0.1, -0.05) is 35.9 Å². The molecule has 0 saturated carbocycles. The molecule has 4 rings (SSSR count). The van der Waals surface area contributed by atoms with Gasteiger partial charge in [-0.3, -0.25) is 14.5 Å². The fourth-order valence-electron chi connectivity index (χ4n) is 4.66. The second-order valence-corrected chi connectivity index (χ2v) is 9.79. The van der Waals surface area contributed by atoms with Gasteiger partial charge in [-0.15, -0.1) is 0 Å². The average molecular weight is 544 g/mol. The fourth-order valence-corrected chi connectivity index (χ4v) is 4.83. The first kappa shape index (κ1) is 27.7. The Morgan fingerprint density at radius 2 is 2.08 bits per heavy atom. The van der Waals surface area contributed by atoms with E-state index in [1.54, 1.807) is 25.1 Å². The van der Waals surface area contributed by atoms with Crippen LogP contribution in [0.25, 0.3) is 11.1 Å². The topological polar surface area (TPSA) is 120 Å². The summed E-state index contributed by atoms with van der Waals surface area (Å²) in [6.07, 6.45) is 2.94. The monoisotopic (exact) mass is 543 g/mol. The number of H-pyrrole nitrogens is 1. The van der Waals surface area contributed by atoms with Crippen LogP contribution >= 0.6 is 11.6 Å². The molecule has 1 saturated heterocycles. The fraction of sp³-hybridized carbons (Fsp3) is 0.407. The normalized spacial score (nSPS) is 16.9. The molecule has 0 bridgehead atoms. The number of likely N-dealkylation sites (tertiary alicyclic amines) is 1. The number of carbonyl (C=O) groups is 2. The van der Waals surface area contributed by atoms with Crippen LogP contribution in [0.5, 0.6) is 0 Å². The Balaban J connectivity index is 1.53. The van der Waals surface area contributed by atoms with Crippen LogP contribution in [0.1, 0.15) is 35.8 Å². The number of aromatic nitrogens is 3. The van der Waals surface area contributed by atoms with Gasteiger partial charge in [-0.25, -0.2) is 4.39 Å². The molecule has 1 amide bonds. The Morgan fingerprint density at radius 1 is 1.29 bits per heavy atom. The highest BCUT2D eigenvalue weighted by Gasteiger charge is 2.34. The molecule has 38 heavy (non-hydrogen) atoms. The van der Waals surface area contributed by atoms with Gasteiger partial charge < -0.3 is 15.2 Å². The number of esters is 1. The summed E-state index contributed by atoms with van der Waals surface area (Å²) in [5.41, 5.74) is 2.10. The van der Waals surface area contributed by atoms with Gasteiger partial charge in [0, 0.05) is 35.8 Å². The van der Waals surface area contributed by atoms with Crippen molar-refractivity contribution in [3.63, 3.8) is 0 Å². The van der Waals surface area contributed by atoms with E-state index in [9.17, 15) is 19.1 Å². The maximum atomic E-state index is 14.3. The summed E-state index contributed by atoms with van der Waals surface area (Å²) in [6.45, 7) is 3.24. The summed E-state index contributed by atoms with van der Waals surface area (Å²) < 4.78 is 19.7. The van der Waals surface area contributed by atoms with Gasteiger partial charge in [-0.05, 0) is 55.5 Å². The predicted molar refractivity (Wildman–Crippen MR) is 140 cm³/mol. The van der Waals surface area contributed by atoms with Gasteiger partial charge in [0.2, 0.25) is 0 Å². The van der Waals surface area contributed by atoms with E-state index < -0.39 is 17.9 Å². The number of aliphatic hydroxyl groups excluding tert-OH is 1. The number of carbonyl (C=O) groups excluding carboxylic acids is 2. The van der Waals surface area contributed by atoms with E-state index in [2.05, 4.69) is 25.6 Å². The molecule has 2 aromatic carbocycles.